The second-order valence-electron chi connectivity index (χ2n) is 3.13. The molecule has 0 unspecified atom stereocenters. The zero-order valence-electron chi connectivity index (χ0n) is 7.05. The van der Waals surface area contributed by atoms with E-state index in [1.807, 2.05) is 0 Å². The highest BCUT2D eigenvalue weighted by atomic mass is 19.2. The molecular formula is C9H7F2NO2. The molecule has 0 aliphatic carbocycles. The van der Waals surface area contributed by atoms with Gasteiger partial charge in [-0.05, 0) is 12.1 Å². The average Bonchev–Trinajstić information content (AvgIpc) is 2.56. The molecule has 0 amide bonds. The quantitative estimate of drug-likeness (QED) is 0.718. The Morgan fingerprint density at radius 2 is 2.21 bits per heavy atom. The molecule has 1 aliphatic rings. The molecule has 0 spiro atoms. The third-order valence-corrected chi connectivity index (χ3v) is 2.23. The molecular weight excluding hydrogens is 192 g/mol. The van der Waals surface area contributed by atoms with Crippen molar-refractivity contribution >= 4 is 11.7 Å². The fraction of sp³-hybridized carbons (Fsp3) is 0.222. The van der Waals surface area contributed by atoms with Gasteiger partial charge in [0, 0.05) is 17.7 Å². The Labute approximate surface area is 78.4 Å². The van der Waals surface area contributed by atoms with Crippen molar-refractivity contribution in [3.63, 3.8) is 0 Å². The van der Waals surface area contributed by atoms with E-state index in [-0.39, 0.29) is 12.0 Å². The van der Waals surface area contributed by atoms with Crippen molar-refractivity contribution in [2.75, 3.05) is 5.32 Å². The van der Waals surface area contributed by atoms with Crippen LogP contribution in [0, 0.1) is 11.6 Å². The van der Waals surface area contributed by atoms with Crippen LogP contribution in [0.25, 0.3) is 0 Å². The molecule has 1 aromatic rings. The lowest BCUT2D eigenvalue weighted by Crippen LogP contribution is -2.26. The highest BCUT2D eigenvalue weighted by Crippen LogP contribution is 2.29. The summed E-state index contributed by atoms with van der Waals surface area (Å²) in [6.45, 7) is 0. The third-order valence-electron chi connectivity index (χ3n) is 2.23. The van der Waals surface area contributed by atoms with E-state index < -0.39 is 23.6 Å². The summed E-state index contributed by atoms with van der Waals surface area (Å²) in [6, 6.07) is 1.46. The average molecular weight is 199 g/mol. The molecule has 74 valence electrons. The number of carboxylic acid groups (broad SMARTS) is 1. The molecule has 0 saturated carbocycles. The number of rotatable bonds is 1. The number of aliphatic carboxylic acids is 1. The zero-order valence-corrected chi connectivity index (χ0v) is 7.05. The molecule has 0 bridgehead atoms. The number of carboxylic acids is 1. The molecule has 3 nitrogen and oxygen atoms in total. The molecule has 1 aromatic carbocycles. The summed E-state index contributed by atoms with van der Waals surface area (Å²) in [6.07, 6.45) is -0.0196. The lowest BCUT2D eigenvalue weighted by molar-refractivity contribution is -0.137. The predicted octanol–water partition coefficient (Wildman–Crippen LogP) is 1.39. The highest BCUT2D eigenvalue weighted by molar-refractivity contribution is 5.81. The van der Waals surface area contributed by atoms with E-state index in [9.17, 15) is 13.6 Å². The Bertz CT molecular complexity index is 406. The van der Waals surface area contributed by atoms with E-state index in [1.54, 1.807) is 0 Å². The SMILES string of the molecule is O=C(O)[C@H]1Cc2c(ccc(F)c2F)N1. The first-order valence-corrected chi connectivity index (χ1v) is 4.06. The maximum atomic E-state index is 13.1. The Morgan fingerprint density at radius 1 is 1.50 bits per heavy atom. The van der Waals surface area contributed by atoms with E-state index in [0.29, 0.717) is 5.69 Å². The number of carbonyl (C=O) groups is 1. The smallest absolute Gasteiger partial charge is 0.326 e. The van der Waals surface area contributed by atoms with Crippen LogP contribution in [0.15, 0.2) is 12.1 Å². The van der Waals surface area contributed by atoms with E-state index in [4.69, 9.17) is 5.11 Å². The number of anilines is 1. The summed E-state index contributed by atoms with van der Waals surface area (Å²) < 4.78 is 25.9. The first-order valence-electron chi connectivity index (χ1n) is 4.06. The maximum absolute atomic E-state index is 13.1. The van der Waals surface area contributed by atoms with Crippen molar-refractivity contribution in [1.82, 2.24) is 0 Å². The van der Waals surface area contributed by atoms with Gasteiger partial charge in [-0.25, -0.2) is 13.6 Å². The van der Waals surface area contributed by atoms with Crippen molar-refractivity contribution in [3.05, 3.63) is 29.3 Å². The van der Waals surface area contributed by atoms with Crippen LogP contribution in [-0.4, -0.2) is 17.1 Å². The third kappa shape index (κ3) is 1.21. The van der Waals surface area contributed by atoms with Gasteiger partial charge >= 0.3 is 5.97 Å². The molecule has 0 fully saturated rings. The summed E-state index contributed by atoms with van der Waals surface area (Å²) in [5.41, 5.74) is 0.466. The van der Waals surface area contributed by atoms with Gasteiger partial charge in [0.1, 0.15) is 6.04 Å². The number of nitrogens with one attached hydrogen (secondary N) is 1. The maximum Gasteiger partial charge on any atom is 0.326 e. The minimum atomic E-state index is -1.07. The van der Waals surface area contributed by atoms with Crippen LogP contribution < -0.4 is 5.32 Å². The molecule has 0 saturated heterocycles. The Hall–Kier alpha value is -1.65. The Morgan fingerprint density at radius 3 is 2.86 bits per heavy atom. The van der Waals surface area contributed by atoms with Gasteiger partial charge in [-0.2, -0.15) is 0 Å². The van der Waals surface area contributed by atoms with E-state index >= 15 is 0 Å². The molecule has 5 heteroatoms. The number of hydrogen-bond donors (Lipinski definition) is 2. The van der Waals surface area contributed by atoms with Gasteiger partial charge in [-0.15, -0.1) is 0 Å². The highest BCUT2D eigenvalue weighted by Gasteiger charge is 2.29. The fourth-order valence-electron chi connectivity index (χ4n) is 1.52. The number of fused-ring (bicyclic) bond motifs is 1. The first-order chi connectivity index (χ1) is 6.59. The summed E-state index contributed by atoms with van der Waals surface area (Å²) in [5.74, 6) is -2.98. The minimum absolute atomic E-state index is 0.0196. The minimum Gasteiger partial charge on any atom is -0.480 e. The predicted molar refractivity (Wildman–Crippen MR) is 45.1 cm³/mol. The summed E-state index contributed by atoms with van der Waals surface area (Å²) in [7, 11) is 0. The molecule has 0 radical (unpaired) electrons. The molecule has 2 rings (SSSR count). The van der Waals surface area contributed by atoms with Gasteiger partial charge in [0.25, 0.3) is 0 Å². The van der Waals surface area contributed by atoms with Crippen molar-refractivity contribution in [3.8, 4) is 0 Å². The van der Waals surface area contributed by atoms with Crippen LogP contribution in [-0.2, 0) is 11.2 Å². The van der Waals surface area contributed by atoms with Gasteiger partial charge in [0.15, 0.2) is 11.6 Å². The molecule has 0 aromatic heterocycles. The van der Waals surface area contributed by atoms with Gasteiger partial charge in [-0.3, -0.25) is 0 Å². The van der Waals surface area contributed by atoms with Gasteiger partial charge < -0.3 is 10.4 Å². The monoisotopic (exact) mass is 199 g/mol. The molecule has 14 heavy (non-hydrogen) atoms. The molecule has 1 aliphatic heterocycles. The van der Waals surface area contributed by atoms with Crippen LogP contribution in [0.4, 0.5) is 14.5 Å². The molecule has 1 atom stereocenters. The molecule has 2 N–H and O–H groups in total. The van der Waals surface area contributed by atoms with E-state index in [0.717, 1.165) is 6.07 Å². The van der Waals surface area contributed by atoms with Crippen LogP contribution in [0.2, 0.25) is 0 Å². The summed E-state index contributed by atoms with van der Waals surface area (Å²) in [5, 5.41) is 11.3. The fourth-order valence-corrected chi connectivity index (χ4v) is 1.52. The lowest BCUT2D eigenvalue weighted by Gasteiger charge is -2.03. The van der Waals surface area contributed by atoms with Crippen LogP contribution in [0.1, 0.15) is 5.56 Å². The van der Waals surface area contributed by atoms with Crippen molar-refractivity contribution in [1.29, 1.82) is 0 Å². The Kier molecular flexibility index (Phi) is 1.87. The topological polar surface area (TPSA) is 49.3 Å². The number of halogens is 2. The van der Waals surface area contributed by atoms with Gasteiger partial charge in [0.2, 0.25) is 0 Å². The summed E-state index contributed by atoms with van der Waals surface area (Å²) in [4.78, 5) is 10.6. The largest absolute Gasteiger partial charge is 0.480 e. The van der Waals surface area contributed by atoms with Gasteiger partial charge in [-0.1, -0.05) is 0 Å². The number of benzene rings is 1. The number of hydrogen-bond acceptors (Lipinski definition) is 2. The Balaban J connectivity index is 2.40. The van der Waals surface area contributed by atoms with Crippen LogP contribution >= 0.6 is 0 Å². The second-order valence-corrected chi connectivity index (χ2v) is 3.13. The second kappa shape index (κ2) is 2.94. The summed E-state index contributed by atoms with van der Waals surface area (Å²) >= 11 is 0. The van der Waals surface area contributed by atoms with Crippen LogP contribution in [0.5, 0.6) is 0 Å². The van der Waals surface area contributed by atoms with Crippen molar-refractivity contribution < 1.29 is 18.7 Å². The van der Waals surface area contributed by atoms with E-state index in [2.05, 4.69) is 5.32 Å². The first kappa shape index (κ1) is 8.93. The van der Waals surface area contributed by atoms with Crippen molar-refractivity contribution in [2.24, 2.45) is 0 Å². The lowest BCUT2D eigenvalue weighted by atomic mass is 10.1. The normalized spacial score (nSPS) is 18.9. The van der Waals surface area contributed by atoms with E-state index in [1.165, 1.54) is 6.07 Å². The van der Waals surface area contributed by atoms with Gasteiger partial charge in [0.05, 0.1) is 0 Å². The standard InChI is InChI=1S/C9H7F2NO2/c10-5-1-2-6-4(8(5)11)3-7(12-6)9(13)14/h1-2,7,12H,3H2,(H,13,14)/t7-/m1/s1. The van der Waals surface area contributed by atoms with Crippen LogP contribution in [0.3, 0.4) is 0 Å². The molecule has 1 heterocycles. The zero-order chi connectivity index (χ0) is 10.3. The van der Waals surface area contributed by atoms with Crippen molar-refractivity contribution in [2.45, 2.75) is 12.5 Å².